The minimum atomic E-state index is -0.182. The minimum absolute atomic E-state index is 0.0517. The van der Waals surface area contributed by atoms with Gasteiger partial charge in [-0.15, -0.1) is 0 Å². The second-order valence-corrected chi connectivity index (χ2v) is 5.64. The summed E-state index contributed by atoms with van der Waals surface area (Å²) in [4.78, 5) is 12.0. The van der Waals surface area contributed by atoms with Gasteiger partial charge >= 0.3 is 0 Å². The molecule has 4 nitrogen and oxygen atoms in total. The van der Waals surface area contributed by atoms with Gasteiger partial charge in [0, 0.05) is 20.1 Å². The fourth-order valence-electron chi connectivity index (χ4n) is 2.57. The molecule has 0 saturated carbocycles. The summed E-state index contributed by atoms with van der Waals surface area (Å²) in [7, 11) is 3.28. The van der Waals surface area contributed by atoms with Crippen molar-refractivity contribution < 1.29 is 14.3 Å². The number of carbonyl (C=O) groups excluding carboxylic acids is 1. The van der Waals surface area contributed by atoms with E-state index in [-0.39, 0.29) is 12.0 Å². The highest BCUT2D eigenvalue weighted by molar-refractivity contribution is 5.75. The highest BCUT2D eigenvalue weighted by Gasteiger charge is 2.12. The average Bonchev–Trinajstić information content (AvgIpc) is 2.63. The Balaban J connectivity index is 1.76. The molecule has 0 bridgehead atoms. The van der Waals surface area contributed by atoms with Crippen LogP contribution >= 0.6 is 0 Å². The van der Waals surface area contributed by atoms with Gasteiger partial charge in [0.2, 0.25) is 5.91 Å². The Bertz CT molecular complexity index is 628. The number of rotatable bonds is 9. The fourth-order valence-corrected chi connectivity index (χ4v) is 2.57. The number of aryl methyl sites for hydroxylation is 1. The number of hydrogen-bond donors (Lipinski definition) is 1. The predicted molar refractivity (Wildman–Crippen MR) is 95.1 cm³/mol. The largest absolute Gasteiger partial charge is 0.497 e. The SMILES string of the molecule is COc1cccc(C(CNC(=O)CCCc2ccccc2)OC)c1. The van der Waals surface area contributed by atoms with E-state index in [2.05, 4.69) is 17.4 Å². The smallest absolute Gasteiger partial charge is 0.220 e. The Labute approximate surface area is 143 Å². The lowest BCUT2D eigenvalue weighted by molar-refractivity contribution is -0.121. The summed E-state index contributed by atoms with van der Waals surface area (Å²) in [6.07, 6.45) is 2.09. The maximum Gasteiger partial charge on any atom is 0.220 e. The van der Waals surface area contributed by atoms with Crippen LogP contribution in [0.15, 0.2) is 54.6 Å². The van der Waals surface area contributed by atoms with Gasteiger partial charge in [0.15, 0.2) is 0 Å². The molecule has 0 heterocycles. The van der Waals surface area contributed by atoms with Gasteiger partial charge in [-0.2, -0.15) is 0 Å². The lowest BCUT2D eigenvalue weighted by atomic mass is 10.1. The van der Waals surface area contributed by atoms with Crippen LogP contribution < -0.4 is 10.1 Å². The van der Waals surface area contributed by atoms with Crippen LogP contribution in [0.1, 0.15) is 30.1 Å². The molecule has 1 amide bonds. The number of ether oxygens (including phenoxy) is 2. The van der Waals surface area contributed by atoms with Crippen molar-refractivity contribution >= 4 is 5.91 Å². The average molecular weight is 327 g/mol. The van der Waals surface area contributed by atoms with Gasteiger partial charge in [0.25, 0.3) is 0 Å². The van der Waals surface area contributed by atoms with Gasteiger partial charge in [-0.25, -0.2) is 0 Å². The van der Waals surface area contributed by atoms with Crippen LogP contribution in [0.4, 0.5) is 0 Å². The van der Waals surface area contributed by atoms with Crippen molar-refractivity contribution in [3.8, 4) is 5.75 Å². The van der Waals surface area contributed by atoms with Gasteiger partial charge in [0.05, 0.1) is 13.2 Å². The summed E-state index contributed by atoms with van der Waals surface area (Å²) in [6, 6.07) is 17.9. The molecular weight excluding hydrogens is 302 g/mol. The van der Waals surface area contributed by atoms with Crippen molar-refractivity contribution in [2.45, 2.75) is 25.4 Å². The minimum Gasteiger partial charge on any atom is -0.497 e. The van der Waals surface area contributed by atoms with E-state index in [1.165, 1.54) is 5.56 Å². The molecule has 0 fully saturated rings. The number of nitrogens with one attached hydrogen (secondary N) is 1. The molecule has 0 spiro atoms. The maximum absolute atomic E-state index is 12.0. The third-order valence-corrected chi connectivity index (χ3v) is 3.95. The van der Waals surface area contributed by atoms with Crippen molar-refractivity contribution in [2.24, 2.45) is 0 Å². The van der Waals surface area contributed by atoms with Crippen molar-refractivity contribution in [3.05, 3.63) is 65.7 Å². The number of methoxy groups -OCH3 is 2. The summed E-state index contributed by atoms with van der Waals surface area (Å²) in [5.41, 5.74) is 2.25. The standard InChI is InChI=1S/C20H25NO3/c1-23-18-12-7-11-17(14-18)19(24-2)15-21-20(22)13-6-10-16-8-4-3-5-9-16/h3-5,7-9,11-12,14,19H,6,10,13,15H2,1-2H3,(H,21,22). The van der Waals surface area contributed by atoms with Crippen LogP contribution in [0, 0.1) is 0 Å². The molecule has 2 aromatic carbocycles. The normalized spacial score (nSPS) is 11.8. The van der Waals surface area contributed by atoms with Gasteiger partial charge in [0.1, 0.15) is 5.75 Å². The predicted octanol–water partition coefficient (Wildman–Crippen LogP) is 3.52. The van der Waals surface area contributed by atoms with E-state index in [9.17, 15) is 4.79 Å². The third-order valence-electron chi connectivity index (χ3n) is 3.95. The van der Waals surface area contributed by atoms with E-state index >= 15 is 0 Å². The summed E-state index contributed by atoms with van der Waals surface area (Å²) < 4.78 is 10.7. The Morgan fingerprint density at radius 2 is 1.88 bits per heavy atom. The summed E-state index contributed by atoms with van der Waals surface area (Å²) in [5, 5.41) is 2.95. The molecular formula is C20H25NO3. The first-order valence-electron chi connectivity index (χ1n) is 8.20. The first kappa shape index (κ1) is 18.0. The highest BCUT2D eigenvalue weighted by atomic mass is 16.5. The molecule has 4 heteroatoms. The molecule has 0 saturated heterocycles. The zero-order chi connectivity index (χ0) is 17.2. The Hall–Kier alpha value is -2.33. The van der Waals surface area contributed by atoms with Crippen LogP contribution in [-0.2, 0) is 16.0 Å². The molecule has 0 aliphatic heterocycles. The van der Waals surface area contributed by atoms with Crippen LogP contribution in [0.3, 0.4) is 0 Å². The number of amides is 1. The van der Waals surface area contributed by atoms with Gasteiger partial charge in [-0.05, 0) is 36.1 Å². The monoisotopic (exact) mass is 327 g/mol. The quantitative estimate of drug-likeness (QED) is 0.766. The van der Waals surface area contributed by atoms with Crippen molar-refractivity contribution in [1.29, 1.82) is 0 Å². The number of benzene rings is 2. The summed E-state index contributed by atoms with van der Waals surface area (Å²) >= 11 is 0. The summed E-state index contributed by atoms with van der Waals surface area (Å²) in [5.74, 6) is 0.833. The van der Waals surface area contributed by atoms with Gasteiger partial charge in [-0.3, -0.25) is 4.79 Å². The van der Waals surface area contributed by atoms with Crippen LogP contribution in [0.25, 0.3) is 0 Å². The van der Waals surface area contributed by atoms with E-state index in [1.54, 1.807) is 14.2 Å². The molecule has 2 rings (SSSR count). The Morgan fingerprint density at radius 3 is 2.58 bits per heavy atom. The van der Waals surface area contributed by atoms with Crippen molar-refractivity contribution in [2.75, 3.05) is 20.8 Å². The van der Waals surface area contributed by atoms with Crippen LogP contribution in [0.5, 0.6) is 5.75 Å². The molecule has 1 atom stereocenters. The van der Waals surface area contributed by atoms with Crippen molar-refractivity contribution in [1.82, 2.24) is 5.32 Å². The first-order valence-corrected chi connectivity index (χ1v) is 8.20. The molecule has 1 unspecified atom stereocenters. The second kappa shape index (κ2) is 9.73. The Morgan fingerprint density at radius 1 is 1.08 bits per heavy atom. The molecule has 128 valence electrons. The van der Waals surface area contributed by atoms with E-state index < -0.39 is 0 Å². The lowest BCUT2D eigenvalue weighted by Crippen LogP contribution is -2.29. The molecule has 0 aliphatic carbocycles. The van der Waals surface area contributed by atoms with Crippen LogP contribution in [-0.4, -0.2) is 26.7 Å². The van der Waals surface area contributed by atoms with Gasteiger partial charge in [-0.1, -0.05) is 42.5 Å². The molecule has 24 heavy (non-hydrogen) atoms. The first-order chi connectivity index (χ1) is 11.7. The lowest BCUT2D eigenvalue weighted by Gasteiger charge is -2.17. The van der Waals surface area contributed by atoms with Gasteiger partial charge < -0.3 is 14.8 Å². The van der Waals surface area contributed by atoms with Crippen LogP contribution in [0.2, 0.25) is 0 Å². The van der Waals surface area contributed by atoms with E-state index in [0.717, 1.165) is 24.2 Å². The number of carbonyl (C=O) groups is 1. The van der Waals surface area contributed by atoms with E-state index in [1.807, 2.05) is 42.5 Å². The molecule has 0 aliphatic rings. The molecule has 1 N–H and O–H groups in total. The van der Waals surface area contributed by atoms with E-state index in [4.69, 9.17) is 9.47 Å². The van der Waals surface area contributed by atoms with Crippen molar-refractivity contribution in [3.63, 3.8) is 0 Å². The zero-order valence-electron chi connectivity index (χ0n) is 14.3. The highest BCUT2D eigenvalue weighted by Crippen LogP contribution is 2.21. The third kappa shape index (κ3) is 5.70. The second-order valence-electron chi connectivity index (χ2n) is 5.64. The molecule has 0 radical (unpaired) electrons. The molecule has 0 aromatic heterocycles. The summed E-state index contributed by atoms with van der Waals surface area (Å²) in [6.45, 7) is 0.452. The van der Waals surface area contributed by atoms with E-state index in [0.29, 0.717) is 13.0 Å². The molecule has 2 aromatic rings. The maximum atomic E-state index is 12.0. The number of hydrogen-bond acceptors (Lipinski definition) is 3. The fraction of sp³-hybridized carbons (Fsp3) is 0.350. The zero-order valence-corrected chi connectivity index (χ0v) is 14.3. The Kier molecular flexibility index (Phi) is 7.30. The topological polar surface area (TPSA) is 47.6 Å².